The number of hydrogen-bond acceptors (Lipinski definition) is 0. The van der Waals surface area contributed by atoms with Gasteiger partial charge in [0.15, 0.2) is 0 Å². The van der Waals surface area contributed by atoms with Crippen LogP contribution in [-0.4, -0.2) is 0 Å². The molecule has 0 radical (unpaired) electrons. The first kappa shape index (κ1) is 9.76. The fourth-order valence-electron chi connectivity index (χ4n) is 2.74. The fraction of sp³-hybridized carbons (Fsp3) is 0.571. The molecule has 0 fully saturated rings. The Labute approximate surface area is 87.3 Å². The Morgan fingerprint density at radius 1 is 1.29 bits per heavy atom. The highest BCUT2D eigenvalue weighted by molar-refractivity contribution is 5.35. The summed E-state index contributed by atoms with van der Waals surface area (Å²) in [4.78, 5) is 0. The van der Waals surface area contributed by atoms with Crippen LogP contribution >= 0.6 is 0 Å². The average molecular weight is 188 g/mol. The topological polar surface area (TPSA) is 0 Å². The lowest BCUT2D eigenvalue weighted by Crippen LogP contribution is -2.03. The maximum absolute atomic E-state index is 2.40. The van der Waals surface area contributed by atoms with Gasteiger partial charge in [0, 0.05) is 0 Å². The zero-order valence-corrected chi connectivity index (χ0v) is 9.29. The van der Waals surface area contributed by atoms with Gasteiger partial charge >= 0.3 is 0 Å². The molecular weight excluding hydrogens is 168 g/mol. The molecule has 0 N–H and O–H groups in total. The summed E-state index contributed by atoms with van der Waals surface area (Å²) in [5.41, 5.74) is 3.23. The number of unbranched alkanes of at least 4 members (excludes halogenated alkanes) is 1. The standard InChI is InChI=1S/C14H20/c1-3-4-8-13-11(2)10-12-7-5-6-9-14(12)13/h5-7,9,11,13H,3-4,8,10H2,1-2H3. The number of hydrogen-bond donors (Lipinski definition) is 0. The van der Waals surface area contributed by atoms with E-state index in [1.165, 1.54) is 25.7 Å². The van der Waals surface area contributed by atoms with E-state index in [0.717, 1.165) is 11.8 Å². The van der Waals surface area contributed by atoms with Crippen LogP contribution in [0.3, 0.4) is 0 Å². The van der Waals surface area contributed by atoms with Gasteiger partial charge in [-0.15, -0.1) is 0 Å². The minimum atomic E-state index is 0.839. The van der Waals surface area contributed by atoms with Crippen LogP contribution in [0.15, 0.2) is 24.3 Å². The van der Waals surface area contributed by atoms with Crippen LogP contribution in [0.25, 0.3) is 0 Å². The SMILES string of the molecule is CCCCC1c2ccccc2CC1C. The van der Waals surface area contributed by atoms with Crippen molar-refractivity contribution in [1.29, 1.82) is 0 Å². The second-order valence-electron chi connectivity index (χ2n) is 4.63. The highest BCUT2D eigenvalue weighted by atomic mass is 14.3. The van der Waals surface area contributed by atoms with Crippen molar-refractivity contribution < 1.29 is 0 Å². The van der Waals surface area contributed by atoms with Gasteiger partial charge in [0.2, 0.25) is 0 Å². The van der Waals surface area contributed by atoms with E-state index in [1.807, 2.05) is 0 Å². The summed E-state index contributed by atoms with van der Waals surface area (Å²) in [7, 11) is 0. The van der Waals surface area contributed by atoms with Gasteiger partial charge in [-0.25, -0.2) is 0 Å². The first-order valence-corrected chi connectivity index (χ1v) is 5.90. The molecule has 0 heterocycles. The molecule has 2 atom stereocenters. The van der Waals surface area contributed by atoms with Crippen LogP contribution in [0.5, 0.6) is 0 Å². The molecule has 1 aliphatic carbocycles. The molecule has 14 heavy (non-hydrogen) atoms. The van der Waals surface area contributed by atoms with Gasteiger partial charge in [-0.05, 0) is 35.8 Å². The van der Waals surface area contributed by atoms with E-state index in [9.17, 15) is 0 Å². The smallest absolute Gasteiger partial charge is 0.0130 e. The summed E-state index contributed by atoms with van der Waals surface area (Å²) in [6, 6.07) is 9.00. The maximum Gasteiger partial charge on any atom is -0.0130 e. The van der Waals surface area contributed by atoms with Crippen molar-refractivity contribution in [1.82, 2.24) is 0 Å². The Kier molecular flexibility index (Phi) is 2.90. The first-order chi connectivity index (χ1) is 6.83. The lowest BCUT2D eigenvalue weighted by atomic mass is 9.89. The van der Waals surface area contributed by atoms with E-state index >= 15 is 0 Å². The van der Waals surface area contributed by atoms with E-state index in [1.54, 1.807) is 11.1 Å². The van der Waals surface area contributed by atoms with E-state index in [2.05, 4.69) is 38.1 Å². The molecule has 1 aliphatic rings. The van der Waals surface area contributed by atoms with E-state index in [4.69, 9.17) is 0 Å². The first-order valence-electron chi connectivity index (χ1n) is 5.90. The summed E-state index contributed by atoms with van der Waals surface area (Å²) in [5, 5.41) is 0. The molecule has 76 valence electrons. The third-order valence-electron chi connectivity index (χ3n) is 3.55. The molecule has 0 aliphatic heterocycles. The number of fused-ring (bicyclic) bond motifs is 1. The molecule has 0 bridgehead atoms. The average Bonchev–Trinajstić information content (AvgIpc) is 2.51. The molecule has 0 heteroatoms. The fourth-order valence-corrected chi connectivity index (χ4v) is 2.74. The Morgan fingerprint density at radius 3 is 2.86 bits per heavy atom. The van der Waals surface area contributed by atoms with Gasteiger partial charge in [0.05, 0.1) is 0 Å². The van der Waals surface area contributed by atoms with Crippen molar-refractivity contribution >= 4 is 0 Å². The van der Waals surface area contributed by atoms with Gasteiger partial charge in [-0.2, -0.15) is 0 Å². The normalized spacial score (nSPS) is 25.0. The lowest BCUT2D eigenvalue weighted by molar-refractivity contribution is 0.456. The van der Waals surface area contributed by atoms with Crippen molar-refractivity contribution in [2.24, 2.45) is 5.92 Å². The summed E-state index contributed by atoms with van der Waals surface area (Å²) in [6.45, 7) is 4.69. The number of rotatable bonds is 3. The molecule has 0 amide bonds. The van der Waals surface area contributed by atoms with Gasteiger partial charge in [0.1, 0.15) is 0 Å². The molecule has 1 aromatic rings. The predicted molar refractivity (Wildman–Crippen MR) is 61.6 cm³/mol. The van der Waals surface area contributed by atoms with Crippen molar-refractivity contribution in [3.63, 3.8) is 0 Å². The molecule has 0 saturated carbocycles. The lowest BCUT2D eigenvalue weighted by Gasteiger charge is -2.15. The Hall–Kier alpha value is -0.780. The molecule has 2 unspecified atom stereocenters. The minimum Gasteiger partial charge on any atom is -0.0654 e. The second-order valence-corrected chi connectivity index (χ2v) is 4.63. The molecule has 0 spiro atoms. The van der Waals surface area contributed by atoms with Crippen LogP contribution in [0.1, 0.15) is 50.2 Å². The van der Waals surface area contributed by atoms with Gasteiger partial charge in [-0.1, -0.05) is 51.0 Å². The van der Waals surface area contributed by atoms with Crippen LogP contribution < -0.4 is 0 Å². The van der Waals surface area contributed by atoms with Crippen molar-refractivity contribution in [2.45, 2.75) is 45.4 Å². The zero-order valence-electron chi connectivity index (χ0n) is 9.29. The minimum absolute atomic E-state index is 0.839. The molecule has 2 rings (SSSR count). The highest BCUT2D eigenvalue weighted by Crippen LogP contribution is 2.40. The van der Waals surface area contributed by atoms with E-state index in [-0.39, 0.29) is 0 Å². The number of benzene rings is 1. The summed E-state index contributed by atoms with van der Waals surface area (Å²) in [6.07, 6.45) is 5.38. The second kappa shape index (κ2) is 4.16. The molecular formula is C14H20. The van der Waals surface area contributed by atoms with Crippen LogP contribution in [0.2, 0.25) is 0 Å². The quantitative estimate of drug-likeness (QED) is 0.668. The van der Waals surface area contributed by atoms with Gasteiger partial charge in [-0.3, -0.25) is 0 Å². The molecule has 1 aromatic carbocycles. The van der Waals surface area contributed by atoms with Gasteiger partial charge < -0.3 is 0 Å². The Balaban J connectivity index is 2.17. The van der Waals surface area contributed by atoms with Gasteiger partial charge in [0.25, 0.3) is 0 Å². The highest BCUT2D eigenvalue weighted by Gasteiger charge is 2.27. The van der Waals surface area contributed by atoms with Crippen LogP contribution in [0, 0.1) is 5.92 Å². The largest absolute Gasteiger partial charge is 0.0654 e. The zero-order chi connectivity index (χ0) is 9.97. The maximum atomic E-state index is 2.40. The summed E-state index contributed by atoms with van der Waals surface area (Å²) >= 11 is 0. The summed E-state index contributed by atoms with van der Waals surface area (Å²) < 4.78 is 0. The molecule has 0 aromatic heterocycles. The van der Waals surface area contributed by atoms with Crippen molar-refractivity contribution in [2.75, 3.05) is 0 Å². The van der Waals surface area contributed by atoms with E-state index in [0.29, 0.717) is 0 Å². The third kappa shape index (κ3) is 1.70. The predicted octanol–water partition coefficient (Wildman–Crippen LogP) is 4.15. The third-order valence-corrected chi connectivity index (χ3v) is 3.55. The van der Waals surface area contributed by atoms with Crippen molar-refractivity contribution in [3.05, 3.63) is 35.4 Å². The van der Waals surface area contributed by atoms with Crippen LogP contribution in [-0.2, 0) is 6.42 Å². The van der Waals surface area contributed by atoms with Crippen molar-refractivity contribution in [3.8, 4) is 0 Å². The Bertz CT molecular complexity index is 301. The Morgan fingerprint density at radius 2 is 2.07 bits per heavy atom. The monoisotopic (exact) mass is 188 g/mol. The molecule has 0 nitrogen and oxygen atoms in total. The summed E-state index contributed by atoms with van der Waals surface area (Å²) in [5.74, 6) is 1.70. The van der Waals surface area contributed by atoms with E-state index < -0.39 is 0 Å². The molecule has 0 saturated heterocycles. The van der Waals surface area contributed by atoms with Crippen LogP contribution in [0.4, 0.5) is 0 Å².